The molecule has 0 saturated carbocycles. The molecule has 0 radical (unpaired) electrons. The Labute approximate surface area is 103 Å². The van der Waals surface area contributed by atoms with Crippen LogP contribution < -0.4 is 0 Å². The maximum Gasteiger partial charge on any atom is 0.175 e. The standard InChI is InChI=1S/C12H13BrN2O/c1-7(2)10-11(15-12(13)14-10)8-5-3-4-6-9(8)16/h3-7,16H,1-2H3,(H,14,15). The molecule has 2 aromatic rings. The first kappa shape index (κ1) is 11.2. The lowest BCUT2D eigenvalue weighted by Gasteiger charge is -2.06. The van der Waals surface area contributed by atoms with Crippen LogP contribution in [0, 0.1) is 0 Å². The summed E-state index contributed by atoms with van der Waals surface area (Å²) in [6, 6.07) is 7.23. The minimum atomic E-state index is 0.253. The number of imidazole rings is 1. The third kappa shape index (κ3) is 1.97. The van der Waals surface area contributed by atoms with Crippen molar-refractivity contribution in [1.29, 1.82) is 0 Å². The van der Waals surface area contributed by atoms with Gasteiger partial charge in [-0.25, -0.2) is 4.98 Å². The lowest BCUT2D eigenvalue weighted by Crippen LogP contribution is -1.91. The van der Waals surface area contributed by atoms with Gasteiger partial charge in [0.25, 0.3) is 0 Å². The van der Waals surface area contributed by atoms with Crippen LogP contribution in [0.4, 0.5) is 0 Å². The van der Waals surface area contributed by atoms with Crippen LogP contribution in [0.2, 0.25) is 0 Å². The second-order valence-corrected chi connectivity index (χ2v) is 4.71. The second kappa shape index (κ2) is 4.29. The summed E-state index contributed by atoms with van der Waals surface area (Å²) in [7, 11) is 0. The summed E-state index contributed by atoms with van der Waals surface area (Å²) in [6.07, 6.45) is 0. The number of phenolic OH excluding ortho intramolecular Hbond substituents is 1. The normalized spacial score (nSPS) is 11.0. The summed E-state index contributed by atoms with van der Waals surface area (Å²) >= 11 is 3.32. The van der Waals surface area contributed by atoms with E-state index >= 15 is 0 Å². The number of nitrogens with zero attached hydrogens (tertiary/aromatic N) is 1. The number of rotatable bonds is 2. The molecule has 0 fully saturated rings. The highest BCUT2D eigenvalue weighted by atomic mass is 79.9. The molecular formula is C12H13BrN2O. The maximum atomic E-state index is 9.81. The van der Waals surface area contributed by atoms with Gasteiger partial charge in [-0.05, 0) is 34.0 Å². The third-order valence-corrected chi connectivity index (χ3v) is 2.81. The van der Waals surface area contributed by atoms with Crippen LogP contribution in [0.5, 0.6) is 5.75 Å². The van der Waals surface area contributed by atoms with Crippen molar-refractivity contribution in [2.24, 2.45) is 0 Å². The zero-order valence-corrected chi connectivity index (χ0v) is 10.7. The fourth-order valence-electron chi connectivity index (χ4n) is 1.65. The Morgan fingerprint density at radius 1 is 1.31 bits per heavy atom. The van der Waals surface area contributed by atoms with E-state index in [1.807, 2.05) is 12.1 Å². The zero-order chi connectivity index (χ0) is 11.7. The Morgan fingerprint density at radius 3 is 2.62 bits per heavy atom. The topological polar surface area (TPSA) is 48.9 Å². The number of phenols is 1. The Morgan fingerprint density at radius 2 is 2.00 bits per heavy atom. The van der Waals surface area contributed by atoms with Gasteiger partial charge in [0.15, 0.2) is 4.73 Å². The van der Waals surface area contributed by atoms with Crippen LogP contribution in [-0.4, -0.2) is 15.1 Å². The Kier molecular flexibility index (Phi) is 3.01. The third-order valence-electron chi connectivity index (χ3n) is 2.44. The number of aromatic amines is 1. The summed E-state index contributed by atoms with van der Waals surface area (Å²) in [5, 5.41) is 9.81. The van der Waals surface area contributed by atoms with Crippen molar-refractivity contribution in [3.63, 3.8) is 0 Å². The van der Waals surface area contributed by atoms with Gasteiger partial charge >= 0.3 is 0 Å². The number of para-hydroxylation sites is 1. The van der Waals surface area contributed by atoms with Gasteiger partial charge < -0.3 is 10.1 Å². The number of H-pyrrole nitrogens is 1. The highest BCUT2D eigenvalue weighted by Gasteiger charge is 2.16. The summed E-state index contributed by atoms with van der Waals surface area (Å²) in [5.74, 6) is 0.580. The van der Waals surface area contributed by atoms with E-state index in [-0.39, 0.29) is 5.75 Å². The molecule has 0 saturated heterocycles. The molecule has 2 N–H and O–H groups in total. The van der Waals surface area contributed by atoms with E-state index in [2.05, 4.69) is 39.7 Å². The maximum absolute atomic E-state index is 9.81. The molecule has 0 aliphatic heterocycles. The van der Waals surface area contributed by atoms with Crippen LogP contribution in [0.15, 0.2) is 29.0 Å². The number of nitrogens with one attached hydrogen (secondary N) is 1. The molecule has 0 amide bonds. The van der Waals surface area contributed by atoms with Crippen LogP contribution in [-0.2, 0) is 0 Å². The number of hydrogen-bond donors (Lipinski definition) is 2. The first-order valence-corrected chi connectivity index (χ1v) is 5.92. The van der Waals surface area contributed by atoms with Gasteiger partial charge in [0.2, 0.25) is 0 Å². The van der Waals surface area contributed by atoms with E-state index in [1.54, 1.807) is 12.1 Å². The van der Waals surface area contributed by atoms with Crippen molar-refractivity contribution in [2.75, 3.05) is 0 Å². The number of halogens is 1. The summed E-state index contributed by atoms with van der Waals surface area (Å²) in [6.45, 7) is 4.17. The molecule has 84 valence electrons. The number of hydrogen-bond acceptors (Lipinski definition) is 2. The quantitative estimate of drug-likeness (QED) is 0.882. The molecular weight excluding hydrogens is 268 g/mol. The van der Waals surface area contributed by atoms with E-state index in [0.29, 0.717) is 10.7 Å². The fourth-order valence-corrected chi connectivity index (χ4v) is 2.04. The second-order valence-electron chi connectivity index (χ2n) is 3.96. The first-order chi connectivity index (χ1) is 7.59. The molecule has 0 aliphatic carbocycles. The monoisotopic (exact) mass is 280 g/mol. The average Bonchev–Trinajstić information content (AvgIpc) is 2.61. The van der Waals surface area contributed by atoms with Crippen molar-refractivity contribution in [1.82, 2.24) is 9.97 Å². The van der Waals surface area contributed by atoms with Gasteiger partial charge in [-0.1, -0.05) is 26.0 Å². The van der Waals surface area contributed by atoms with Crippen LogP contribution >= 0.6 is 15.9 Å². The predicted molar refractivity (Wildman–Crippen MR) is 67.5 cm³/mol. The van der Waals surface area contributed by atoms with Crippen LogP contribution in [0.3, 0.4) is 0 Å². The van der Waals surface area contributed by atoms with Gasteiger partial charge in [-0.15, -0.1) is 0 Å². The molecule has 1 aromatic carbocycles. The lowest BCUT2D eigenvalue weighted by molar-refractivity contribution is 0.477. The number of benzene rings is 1. The van der Waals surface area contributed by atoms with E-state index in [4.69, 9.17) is 0 Å². The summed E-state index contributed by atoms with van der Waals surface area (Å²) in [4.78, 5) is 7.53. The molecule has 0 unspecified atom stereocenters. The Bertz CT molecular complexity index is 505. The van der Waals surface area contributed by atoms with Gasteiger partial charge in [0.05, 0.1) is 5.69 Å². The van der Waals surface area contributed by atoms with E-state index in [9.17, 15) is 5.11 Å². The number of aromatic hydroxyl groups is 1. The van der Waals surface area contributed by atoms with Crippen molar-refractivity contribution < 1.29 is 5.11 Å². The van der Waals surface area contributed by atoms with Crippen molar-refractivity contribution in [2.45, 2.75) is 19.8 Å². The van der Waals surface area contributed by atoms with E-state index in [0.717, 1.165) is 17.0 Å². The molecule has 0 atom stereocenters. The molecule has 1 heterocycles. The van der Waals surface area contributed by atoms with Crippen molar-refractivity contribution in [3.05, 3.63) is 34.7 Å². The fraction of sp³-hybridized carbons (Fsp3) is 0.250. The SMILES string of the molecule is CC(C)c1[nH]c(Br)nc1-c1ccccc1O. The minimum absolute atomic E-state index is 0.253. The van der Waals surface area contributed by atoms with Crippen molar-refractivity contribution >= 4 is 15.9 Å². The molecule has 3 nitrogen and oxygen atoms in total. The van der Waals surface area contributed by atoms with Crippen LogP contribution in [0.25, 0.3) is 11.3 Å². The Hall–Kier alpha value is -1.29. The predicted octanol–water partition coefficient (Wildman–Crippen LogP) is 3.67. The van der Waals surface area contributed by atoms with Crippen LogP contribution in [0.1, 0.15) is 25.5 Å². The molecule has 0 bridgehead atoms. The Balaban J connectivity index is 2.60. The molecule has 0 aliphatic rings. The van der Waals surface area contributed by atoms with Gasteiger partial charge in [0, 0.05) is 11.3 Å². The lowest BCUT2D eigenvalue weighted by atomic mass is 10.0. The van der Waals surface area contributed by atoms with Crippen molar-refractivity contribution in [3.8, 4) is 17.0 Å². The van der Waals surface area contributed by atoms with Gasteiger partial charge in [-0.2, -0.15) is 0 Å². The molecule has 16 heavy (non-hydrogen) atoms. The largest absolute Gasteiger partial charge is 0.507 e. The summed E-state index contributed by atoms with van der Waals surface area (Å²) in [5.41, 5.74) is 2.58. The molecule has 4 heteroatoms. The highest BCUT2D eigenvalue weighted by Crippen LogP contribution is 2.33. The van der Waals surface area contributed by atoms with E-state index in [1.165, 1.54) is 0 Å². The highest BCUT2D eigenvalue weighted by molar-refractivity contribution is 9.10. The van der Waals surface area contributed by atoms with Gasteiger partial charge in [-0.3, -0.25) is 0 Å². The average molecular weight is 281 g/mol. The summed E-state index contributed by atoms with van der Waals surface area (Å²) < 4.78 is 0.689. The molecule has 2 rings (SSSR count). The minimum Gasteiger partial charge on any atom is -0.507 e. The number of aromatic nitrogens is 2. The first-order valence-electron chi connectivity index (χ1n) is 5.13. The van der Waals surface area contributed by atoms with Gasteiger partial charge in [0.1, 0.15) is 5.75 Å². The molecule has 0 spiro atoms. The van der Waals surface area contributed by atoms with E-state index < -0.39 is 0 Å². The zero-order valence-electron chi connectivity index (χ0n) is 9.16. The smallest absolute Gasteiger partial charge is 0.175 e. The molecule has 1 aromatic heterocycles.